The van der Waals surface area contributed by atoms with E-state index < -0.39 is 0 Å². The molecule has 1 aromatic heterocycles. The lowest BCUT2D eigenvalue weighted by Gasteiger charge is -2.35. The molecule has 0 bridgehead atoms. The summed E-state index contributed by atoms with van der Waals surface area (Å²) in [6.07, 6.45) is 0.406. The largest absolute Gasteiger partial charge is 0.494 e. The Morgan fingerprint density at radius 3 is 2.22 bits per heavy atom. The molecule has 0 radical (unpaired) electrons. The zero-order valence-electron chi connectivity index (χ0n) is 16.2. The van der Waals surface area contributed by atoms with Crippen molar-refractivity contribution < 1.29 is 14.3 Å². The van der Waals surface area contributed by atoms with Gasteiger partial charge >= 0.3 is 0 Å². The molecule has 1 fully saturated rings. The Bertz CT molecular complexity index is 803. The van der Waals surface area contributed by atoms with Gasteiger partial charge in [-0.15, -0.1) is 0 Å². The molecular weight excluding hydrogens is 342 g/mol. The van der Waals surface area contributed by atoms with E-state index in [4.69, 9.17) is 4.74 Å². The molecule has 1 aliphatic rings. The maximum Gasteiger partial charge on any atom is 0.253 e. The van der Waals surface area contributed by atoms with E-state index in [0.29, 0.717) is 44.8 Å². The van der Waals surface area contributed by atoms with Crippen LogP contribution < -0.4 is 4.74 Å². The molecule has 0 spiro atoms. The second kappa shape index (κ2) is 8.29. The lowest BCUT2D eigenvalue weighted by molar-refractivity contribution is -0.131. The first-order chi connectivity index (χ1) is 13.0. The Balaban J connectivity index is 1.54. The van der Waals surface area contributed by atoms with E-state index in [1.54, 1.807) is 12.1 Å². The van der Waals surface area contributed by atoms with E-state index in [-0.39, 0.29) is 11.8 Å². The number of nitrogens with one attached hydrogen (secondary N) is 1. The highest BCUT2D eigenvalue weighted by Gasteiger charge is 2.25. The molecule has 144 valence electrons. The molecule has 1 N–H and O–H groups in total. The van der Waals surface area contributed by atoms with Gasteiger partial charge in [-0.25, -0.2) is 0 Å². The minimum atomic E-state index is 0.00208. The summed E-state index contributed by atoms with van der Waals surface area (Å²) in [7, 11) is 0. The smallest absolute Gasteiger partial charge is 0.253 e. The predicted octanol–water partition coefficient (Wildman–Crippen LogP) is 2.56. The van der Waals surface area contributed by atoms with E-state index in [9.17, 15) is 9.59 Å². The number of aromatic nitrogens is 1. The fourth-order valence-corrected chi connectivity index (χ4v) is 3.44. The number of H-pyrrole nitrogens is 1. The molecule has 1 aliphatic heterocycles. The van der Waals surface area contributed by atoms with E-state index in [2.05, 4.69) is 4.98 Å². The first-order valence-electron chi connectivity index (χ1n) is 9.43. The number of piperazine rings is 1. The van der Waals surface area contributed by atoms with E-state index in [1.165, 1.54) is 0 Å². The fraction of sp³-hybridized carbons (Fsp3) is 0.429. The number of ether oxygens (including phenoxy) is 1. The highest BCUT2D eigenvalue weighted by Crippen LogP contribution is 2.16. The Morgan fingerprint density at radius 2 is 1.67 bits per heavy atom. The van der Waals surface area contributed by atoms with Gasteiger partial charge in [-0.1, -0.05) is 0 Å². The minimum Gasteiger partial charge on any atom is -0.494 e. The van der Waals surface area contributed by atoms with Crippen LogP contribution in [0.1, 0.15) is 34.2 Å². The quantitative estimate of drug-likeness (QED) is 0.881. The molecule has 27 heavy (non-hydrogen) atoms. The monoisotopic (exact) mass is 369 g/mol. The summed E-state index contributed by atoms with van der Waals surface area (Å²) in [5, 5.41) is 0. The molecule has 1 aromatic carbocycles. The third-order valence-electron chi connectivity index (χ3n) is 4.93. The Morgan fingerprint density at radius 1 is 1.04 bits per heavy atom. The van der Waals surface area contributed by atoms with Crippen molar-refractivity contribution in [2.75, 3.05) is 32.8 Å². The molecular formula is C21H27N3O3. The third kappa shape index (κ3) is 4.51. The number of nitrogens with zero attached hydrogens (tertiary/aromatic N) is 2. The maximum absolute atomic E-state index is 12.7. The lowest BCUT2D eigenvalue weighted by Crippen LogP contribution is -2.51. The third-order valence-corrected chi connectivity index (χ3v) is 4.93. The van der Waals surface area contributed by atoms with Gasteiger partial charge in [0.1, 0.15) is 5.75 Å². The number of aryl methyl sites for hydroxylation is 2. The molecule has 0 aliphatic carbocycles. The summed E-state index contributed by atoms with van der Waals surface area (Å²) in [6.45, 7) is 8.78. The summed E-state index contributed by atoms with van der Waals surface area (Å²) in [5.41, 5.74) is 3.81. The van der Waals surface area contributed by atoms with Gasteiger partial charge in [-0.05, 0) is 56.7 Å². The Labute approximate surface area is 160 Å². The summed E-state index contributed by atoms with van der Waals surface area (Å²) in [6, 6.07) is 9.25. The first-order valence-corrected chi connectivity index (χ1v) is 9.43. The van der Waals surface area contributed by atoms with Gasteiger partial charge in [0.15, 0.2) is 0 Å². The van der Waals surface area contributed by atoms with Gasteiger partial charge in [0.2, 0.25) is 5.91 Å². The Hall–Kier alpha value is -2.76. The average molecular weight is 369 g/mol. The van der Waals surface area contributed by atoms with Crippen molar-refractivity contribution in [1.82, 2.24) is 14.8 Å². The molecule has 1 saturated heterocycles. The van der Waals surface area contributed by atoms with Crippen molar-refractivity contribution in [2.45, 2.75) is 27.2 Å². The standard InChI is InChI=1S/C21H27N3O3/c1-4-27-19-7-5-17(6-8-19)21(26)24-11-9-23(10-12-24)20(25)14-18-13-15(2)22-16(18)3/h5-8,13,22H,4,9-12,14H2,1-3H3. The van der Waals surface area contributed by atoms with Crippen LogP contribution in [0.25, 0.3) is 0 Å². The topological polar surface area (TPSA) is 65.6 Å². The van der Waals surface area contributed by atoms with E-state index in [1.807, 2.05) is 48.8 Å². The van der Waals surface area contributed by atoms with Gasteiger partial charge < -0.3 is 19.5 Å². The van der Waals surface area contributed by atoms with Gasteiger partial charge in [0.05, 0.1) is 13.0 Å². The second-order valence-electron chi connectivity index (χ2n) is 6.91. The number of carbonyl (C=O) groups excluding carboxylic acids is 2. The molecule has 3 rings (SSSR count). The van der Waals surface area contributed by atoms with Crippen molar-refractivity contribution in [2.24, 2.45) is 0 Å². The number of aromatic amines is 1. The fourth-order valence-electron chi connectivity index (χ4n) is 3.44. The SMILES string of the molecule is CCOc1ccc(C(=O)N2CCN(C(=O)Cc3cc(C)[nH]c3C)CC2)cc1. The van der Waals surface area contributed by atoms with E-state index in [0.717, 1.165) is 22.7 Å². The molecule has 6 nitrogen and oxygen atoms in total. The molecule has 2 heterocycles. The van der Waals surface area contributed by atoms with Gasteiger partial charge in [0, 0.05) is 43.1 Å². The van der Waals surface area contributed by atoms with Crippen LogP contribution in [0.15, 0.2) is 30.3 Å². The normalized spacial score (nSPS) is 14.3. The summed E-state index contributed by atoms with van der Waals surface area (Å²) in [5.74, 6) is 0.882. The summed E-state index contributed by atoms with van der Waals surface area (Å²) >= 11 is 0. The molecule has 2 aromatic rings. The predicted molar refractivity (Wildman–Crippen MR) is 104 cm³/mol. The zero-order chi connectivity index (χ0) is 19.4. The van der Waals surface area contributed by atoms with Crippen LogP contribution in [0.5, 0.6) is 5.75 Å². The van der Waals surface area contributed by atoms with Crippen molar-refractivity contribution in [3.05, 3.63) is 52.8 Å². The maximum atomic E-state index is 12.7. The number of rotatable bonds is 5. The lowest BCUT2D eigenvalue weighted by atomic mass is 10.1. The zero-order valence-corrected chi connectivity index (χ0v) is 16.2. The number of benzene rings is 1. The van der Waals surface area contributed by atoms with Crippen LogP contribution in [0, 0.1) is 13.8 Å². The van der Waals surface area contributed by atoms with Crippen LogP contribution in [0.2, 0.25) is 0 Å². The Kier molecular flexibility index (Phi) is 5.84. The van der Waals surface area contributed by atoms with Gasteiger partial charge in [-0.2, -0.15) is 0 Å². The molecule has 0 unspecified atom stereocenters. The van der Waals surface area contributed by atoms with Crippen LogP contribution in [-0.4, -0.2) is 59.4 Å². The molecule has 0 atom stereocenters. The summed E-state index contributed by atoms with van der Waals surface area (Å²) in [4.78, 5) is 32.1. The average Bonchev–Trinajstić information content (AvgIpc) is 2.99. The first kappa shape index (κ1) is 19.0. The number of hydrogen-bond donors (Lipinski definition) is 1. The van der Waals surface area contributed by atoms with Crippen LogP contribution >= 0.6 is 0 Å². The van der Waals surface area contributed by atoms with Crippen molar-refractivity contribution >= 4 is 11.8 Å². The highest BCUT2D eigenvalue weighted by molar-refractivity contribution is 5.94. The van der Waals surface area contributed by atoms with Crippen LogP contribution in [-0.2, 0) is 11.2 Å². The van der Waals surface area contributed by atoms with Gasteiger partial charge in [0.25, 0.3) is 5.91 Å². The van der Waals surface area contributed by atoms with E-state index >= 15 is 0 Å². The van der Waals surface area contributed by atoms with Crippen molar-refractivity contribution in [1.29, 1.82) is 0 Å². The van der Waals surface area contributed by atoms with Crippen molar-refractivity contribution in [3.63, 3.8) is 0 Å². The highest BCUT2D eigenvalue weighted by atomic mass is 16.5. The van der Waals surface area contributed by atoms with Crippen LogP contribution in [0.4, 0.5) is 0 Å². The summed E-state index contributed by atoms with van der Waals surface area (Å²) < 4.78 is 5.41. The molecule has 0 saturated carbocycles. The van der Waals surface area contributed by atoms with Crippen molar-refractivity contribution in [3.8, 4) is 5.75 Å². The number of amides is 2. The number of carbonyl (C=O) groups is 2. The second-order valence-corrected chi connectivity index (χ2v) is 6.91. The number of hydrogen-bond acceptors (Lipinski definition) is 3. The molecule has 2 amide bonds. The minimum absolute atomic E-state index is 0.00208. The van der Waals surface area contributed by atoms with Gasteiger partial charge in [-0.3, -0.25) is 9.59 Å². The van der Waals surface area contributed by atoms with Crippen LogP contribution in [0.3, 0.4) is 0 Å². The molecule has 6 heteroatoms.